The summed E-state index contributed by atoms with van der Waals surface area (Å²) in [7, 11) is 1.68. The van der Waals surface area contributed by atoms with E-state index in [1.54, 1.807) is 11.8 Å². The fraction of sp³-hybridized carbons (Fsp3) is 0.800. The van der Waals surface area contributed by atoms with E-state index in [0.717, 1.165) is 18.8 Å². The molecule has 0 aliphatic carbocycles. The second kappa shape index (κ2) is 2.02. The van der Waals surface area contributed by atoms with Gasteiger partial charge in [0.1, 0.15) is 6.10 Å². The summed E-state index contributed by atoms with van der Waals surface area (Å²) in [5, 5.41) is 11.1. The van der Waals surface area contributed by atoms with E-state index in [1.165, 1.54) is 0 Å². The molecule has 1 atom stereocenters. The molecule has 0 amide bonds. The van der Waals surface area contributed by atoms with Crippen molar-refractivity contribution in [3.8, 4) is 0 Å². The third-order valence-corrected chi connectivity index (χ3v) is 1.74. The number of ether oxygens (including phenoxy) is 1. The van der Waals surface area contributed by atoms with E-state index in [4.69, 9.17) is 4.74 Å². The van der Waals surface area contributed by atoms with Crippen LogP contribution in [0.3, 0.4) is 0 Å². The van der Waals surface area contributed by atoms with Gasteiger partial charge in [-0.3, -0.25) is 0 Å². The summed E-state index contributed by atoms with van der Waals surface area (Å²) in [6.45, 7) is 0.876. The van der Waals surface area contributed by atoms with E-state index >= 15 is 0 Å². The number of nitrogens with zero attached hydrogens (tertiary/aromatic N) is 4. The monoisotopic (exact) mass is 140 g/mol. The molecule has 5 heteroatoms. The maximum Gasteiger partial charge on any atom is 0.180 e. The Morgan fingerprint density at radius 1 is 1.70 bits per heavy atom. The van der Waals surface area contributed by atoms with Gasteiger partial charge in [0.15, 0.2) is 5.82 Å². The van der Waals surface area contributed by atoms with Crippen LogP contribution in [0.4, 0.5) is 0 Å². The molecule has 5 nitrogen and oxygen atoms in total. The molecule has 0 N–H and O–H groups in total. The lowest BCUT2D eigenvalue weighted by Crippen LogP contribution is -1.98. The Labute approximate surface area is 58.0 Å². The predicted molar refractivity (Wildman–Crippen MR) is 32.2 cm³/mol. The highest BCUT2D eigenvalue weighted by molar-refractivity contribution is 4.93. The van der Waals surface area contributed by atoms with Crippen LogP contribution in [0.1, 0.15) is 18.3 Å². The van der Waals surface area contributed by atoms with Gasteiger partial charge in [0.25, 0.3) is 0 Å². The molecule has 0 spiro atoms. The molecule has 0 bridgehead atoms. The van der Waals surface area contributed by atoms with Crippen molar-refractivity contribution in [3.63, 3.8) is 0 Å². The molecular formula is C5H8N4O. The first kappa shape index (κ1) is 5.79. The van der Waals surface area contributed by atoms with Crippen molar-refractivity contribution < 1.29 is 4.74 Å². The van der Waals surface area contributed by atoms with Crippen LogP contribution in [0.15, 0.2) is 0 Å². The van der Waals surface area contributed by atoms with E-state index < -0.39 is 0 Å². The molecule has 0 saturated carbocycles. The fourth-order valence-corrected chi connectivity index (χ4v) is 1.19. The highest BCUT2D eigenvalue weighted by Gasteiger charge is 2.24. The highest BCUT2D eigenvalue weighted by Crippen LogP contribution is 2.23. The fourth-order valence-electron chi connectivity index (χ4n) is 1.19. The Hall–Kier alpha value is -0.970. The summed E-state index contributed by atoms with van der Waals surface area (Å²) in [4.78, 5) is 0. The van der Waals surface area contributed by atoms with Crippen LogP contribution < -0.4 is 0 Å². The van der Waals surface area contributed by atoms with Gasteiger partial charge in [-0.25, -0.2) is 4.68 Å². The maximum atomic E-state index is 5.13. The molecule has 1 aliphatic heterocycles. The maximum absolute atomic E-state index is 5.13. The SMILES string of the molecule is COC1CCn2nnnc21. The Balaban J connectivity index is 2.34. The zero-order valence-corrected chi connectivity index (χ0v) is 5.69. The average molecular weight is 140 g/mol. The van der Waals surface area contributed by atoms with Gasteiger partial charge in [-0.05, 0) is 10.4 Å². The largest absolute Gasteiger partial charge is 0.373 e. The summed E-state index contributed by atoms with van der Waals surface area (Å²) >= 11 is 0. The van der Waals surface area contributed by atoms with Crippen molar-refractivity contribution in [1.29, 1.82) is 0 Å². The van der Waals surface area contributed by atoms with Crippen molar-refractivity contribution in [2.45, 2.75) is 19.1 Å². The van der Waals surface area contributed by atoms with Gasteiger partial charge < -0.3 is 4.74 Å². The topological polar surface area (TPSA) is 52.8 Å². The molecule has 0 fully saturated rings. The first-order chi connectivity index (χ1) is 4.92. The predicted octanol–water partition coefficient (Wildman–Crippen LogP) is -0.236. The normalized spacial score (nSPS) is 23.1. The number of tetrazole rings is 1. The van der Waals surface area contributed by atoms with E-state index in [9.17, 15) is 0 Å². The lowest BCUT2D eigenvalue weighted by Gasteiger charge is -2.01. The number of rotatable bonds is 1. The molecule has 10 heavy (non-hydrogen) atoms. The molecule has 1 unspecified atom stereocenters. The van der Waals surface area contributed by atoms with Gasteiger partial charge in [0, 0.05) is 20.1 Å². The number of hydrogen-bond acceptors (Lipinski definition) is 4. The molecule has 1 aliphatic rings. The number of aryl methyl sites for hydroxylation is 1. The lowest BCUT2D eigenvalue weighted by atomic mass is 10.3. The van der Waals surface area contributed by atoms with Crippen LogP contribution in [0.25, 0.3) is 0 Å². The third-order valence-electron chi connectivity index (χ3n) is 1.74. The van der Waals surface area contributed by atoms with Gasteiger partial charge in [-0.1, -0.05) is 0 Å². The Morgan fingerprint density at radius 2 is 2.60 bits per heavy atom. The summed E-state index contributed by atoms with van der Waals surface area (Å²) in [6.07, 6.45) is 1.07. The van der Waals surface area contributed by atoms with Crippen molar-refractivity contribution in [2.75, 3.05) is 7.11 Å². The van der Waals surface area contributed by atoms with Gasteiger partial charge in [0.2, 0.25) is 0 Å². The van der Waals surface area contributed by atoms with Crippen LogP contribution in [0.5, 0.6) is 0 Å². The van der Waals surface area contributed by atoms with Crippen molar-refractivity contribution in [3.05, 3.63) is 5.82 Å². The molecule has 0 aromatic carbocycles. The molecule has 54 valence electrons. The smallest absolute Gasteiger partial charge is 0.180 e. The molecule has 2 rings (SSSR count). The quantitative estimate of drug-likeness (QED) is 0.540. The summed E-state index contributed by atoms with van der Waals surface area (Å²) in [5.41, 5.74) is 0. The minimum atomic E-state index is 0.106. The zero-order chi connectivity index (χ0) is 6.97. The molecule has 0 radical (unpaired) electrons. The van der Waals surface area contributed by atoms with Crippen molar-refractivity contribution in [1.82, 2.24) is 20.2 Å². The number of fused-ring (bicyclic) bond motifs is 1. The second-order valence-corrected chi connectivity index (χ2v) is 2.27. The van der Waals surface area contributed by atoms with E-state index in [2.05, 4.69) is 15.5 Å². The van der Waals surface area contributed by atoms with Crippen LogP contribution in [-0.4, -0.2) is 27.3 Å². The third kappa shape index (κ3) is 0.637. The Kier molecular flexibility index (Phi) is 1.17. The van der Waals surface area contributed by atoms with Crippen LogP contribution in [0.2, 0.25) is 0 Å². The molecular weight excluding hydrogens is 132 g/mol. The minimum Gasteiger partial charge on any atom is -0.373 e. The number of hydrogen-bond donors (Lipinski definition) is 0. The first-order valence-electron chi connectivity index (χ1n) is 3.20. The summed E-state index contributed by atoms with van der Waals surface area (Å²) < 4.78 is 6.90. The van der Waals surface area contributed by atoms with Gasteiger partial charge >= 0.3 is 0 Å². The molecule has 0 saturated heterocycles. The molecule has 2 heterocycles. The Bertz CT molecular complexity index is 233. The van der Waals surface area contributed by atoms with Crippen molar-refractivity contribution >= 4 is 0 Å². The first-order valence-corrected chi connectivity index (χ1v) is 3.20. The van der Waals surface area contributed by atoms with Gasteiger partial charge in [-0.15, -0.1) is 5.10 Å². The van der Waals surface area contributed by atoms with E-state index in [1.807, 2.05) is 0 Å². The zero-order valence-electron chi connectivity index (χ0n) is 5.69. The average Bonchev–Trinajstić information content (AvgIpc) is 2.44. The number of aromatic nitrogens is 4. The van der Waals surface area contributed by atoms with Gasteiger partial charge in [-0.2, -0.15) is 0 Å². The summed E-state index contributed by atoms with van der Waals surface area (Å²) in [6, 6.07) is 0. The Morgan fingerprint density at radius 3 is 3.40 bits per heavy atom. The summed E-state index contributed by atoms with van der Waals surface area (Å²) in [5.74, 6) is 0.850. The molecule has 1 aromatic heterocycles. The van der Waals surface area contributed by atoms with Crippen LogP contribution in [0, 0.1) is 0 Å². The lowest BCUT2D eigenvalue weighted by molar-refractivity contribution is 0.101. The van der Waals surface area contributed by atoms with Crippen molar-refractivity contribution in [2.24, 2.45) is 0 Å². The highest BCUT2D eigenvalue weighted by atomic mass is 16.5. The van der Waals surface area contributed by atoms with Crippen LogP contribution in [-0.2, 0) is 11.3 Å². The second-order valence-electron chi connectivity index (χ2n) is 2.27. The standard InChI is InChI=1S/C5H8N4O/c1-10-4-2-3-9-5(4)6-7-8-9/h4H,2-3H2,1H3. The van der Waals surface area contributed by atoms with E-state index in [0.29, 0.717) is 0 Å². The minimum absolute atomic E-state index is 0.106. The van der Waals surface area contributed by atoms with E-state index in [-0.39, 0.29) is 6.10 Å². The number of methoxy groups -OCH3 is 1. The molecule has 1 aromatic rings. The van der Waals surface area contributed by atoms with Gasteiger partial charge in [0.05, 0.1) is 0 Å². The van der Waals surface area contributed by atoms with Crippen LogP contribution >= 0.6 is 0 Å².